The van der Waals surface area contributed by atoms with Gasteiger partial charge in [0.25, 0.3) is 0 Å². The first-order valence-electron chi connectivity index (χ1n) is 5.65. The van der Waals surface area contributed by atoms with E-state index in [4.69, 9.17) is 5.73 Å². The quantitative estimate of drug-likeness (QED) is 0.650. The van der Waals surface area contributed by atoms with Crippen LogP contribution < -0.4 is 5.73 Å². The van der Waals surface area contributed by atoms with Crippen molar-refractivity contribution in [1.82, 2.24) is 0 Å². The zero-order valence-electron chi connectivity index (χ0n) is 10.3. The summed E-state index contributed by atoms with van der Waals surface area (Å²) in [7, 11) is 0. The predicted molar refractivity (Wildman–Crippen MR) is 70.2 cm³/mol. The van der Waals surface area contributed by atoms with Crippen LogP contribution in [0.1, 0.15) is 27.0 Å². The number of ketones is 1. The summed E-state index contributed by atoms with van der Waals surface area (Å²) in [5, 5.41) is 0. The molecular formula is C15H14FNO. The number of carbonyl (C=O) groups is 1. The first-order chi connectivity index (χ1) is 8.47. The Morgan fingerprint density at radius 2 is 1.78 bits per heavy atom. The fourth-order valence-corrected chi connectivity index (χ4v) is 1.85. The van der Waals surface area contributed by atoms with Crippen LogP contribution in [0.3, 0.4) is 0 Å². The summed E-state index contributed by atoms with van der Waals surface area (Å²) in [5.41, 5.74) is 8.79. The number of hydrogen-bond acceptors (Lipinski definition) is 2. The van der Waals surface area contributed by atoms with Crippen molar-refractivity contribution in [2.24, 2.45) is 0 Å². The van der Waals surface area contributed by atoms with E-state index in [-0.39, 0.29) is 5.78 Å². The average Bonchev–Trinajstić information content (AvgIpc) is 2.30. The van der Waals surface area contributed by atoms with Crippen molar-refractivity contribution in [2.45, 2.75) is 13.8 Å². The largest absolute Gasteiger partial charge is 0.399 e. The zero-order valence-corrected chi connectivity index (χ0v) is 10.3. The molecule has 92 valence electrons. The minimum Gasteiger partial charge on any atom is -0.399 e. The summed E-state index contributed by atoms with van der Waals surface area (Å²) in [6, 6.07) is 9.39. The standard InChI is InChI=1S/C15H14FNO/c1-9-5-12(8-13(16)6-9)15(18)11-3-4-14(17)10(2)7-11/h3-8H,17H2,1-2H3. The Balaban J connectivity index is 2.44. The van der Waals surface area contributed by atoms with Gasteiger partial charge >= 0.3 is 0 Å². The van der Waals surface area contributed by atoms with E-state index in [0.29, 0.717) is 16.8 Å². The minimum atomic E-state index is -0.398. The molecule has 0 fully saturated rings. The predicted octanol–water partition coefficient (Wildman–Crippen LogP) is 3.26. The molecule has 0 saturated carbocycles. The maximum Gasteiger partial charge on any atom is 0.193 e. The molecule has 2 rings (SSSR count). The third kappa shape index (κ3) is 2.40. The zero-order chi connectivity index (χ0) is 13.3. The fraction of sp³-hybridized carbons (Fsp3) is 0.133. The van der Waals surface area contributed by atoms with E-state index in [1.54, 1.807) is 31.2 Å². The molecule has 0 aliphatic heterocycles. The molecule has 0 atom stereocenters. The maximum atomic E-state index is 13.3. The molecule has 0 aromatic heterocycles. The van der Waals surface area contributed by atoms with E-state index in [0.717, 1.165) is 11.1 Å². The molecule has 0 bridgehead atoms. The lowest BCUT2D eigenvalue weighted by molar-refractivity contribution is 0.103. The topological polar surface area (TPSA) is 43.1 Å². The van der Waals surface area contributed by atoms with Gasteiger partial charge in [-0.1, -0.05) is 0 Å². The van der Waals surface area contributed by atoms with Gasteiger partial charge in [-0.05, 0) is 61.4 Å². The second-order valence-corrected chi connectivity index (χ2v) is 4.42. The van der Waals surface area contributed by atoms with Crippen LogP contribution >= 0.6 is 0 Å². The van der Waals surface area contributed by atoms with E-state index >= 15 is 0 Å². The second kappa shape index (κ2) is 4.61. The van der Waals surface area contributed by atoms with E-state index in [2.05, 4.69) is 0 Å². The van der Waals surface area contributed by atoms with E-state index < -0.39 is 5.82 Å². The number of aryl methyl sites for hydroxylation is 2. The molecule has 0 heterocycles. The molecule has 3 heteroatoms. The first-order valence-corrected chi connectivity index (χ1v) is 5.65. The number of hydrogen-bond donors (Lipinski definition) is 1. The molecule has 0 aliphatic carbocycles. The van der Waals surface area contributed by atoms with Crippen LogP contribution in [0.25, 0.3) is 0 Å². The third-order valence-electron chi connectivity index (χ3n) is 2.84. The maximum absolute atomic E-state index is 13.3. The van der Waals surface area contributed by atoms with Crippen molar-refractivity contribution in [3.63, 3.8) is 0 Å². The van der Waals surface area contributed by atoms with Gasteiger partial charge in [0.05, 0.1) is 0 Å². The number of benzene rings is 2. The van der Waals surface area contributed by atoms with Crippen molar-refractivity contribution < 1.29 is 9.18 Å². The van der Waals surface area contributed by atoms with Crippen LogP contribution in [0.5, 0.6) is 0 Å². The van der Waals surface area contributed by atoms with Crippen LogP contribution in [0.4, 0.5) is 10.1 Å². The molecule has 18 heavy (non-hydrogen) atoms. The normalized spacial score (nSPS) is 10.4. The van der Waals surface area contributed by atoms with Crippen molar-refractivity contribution in [3.8, 4) is 0 Å². The van der Waals surface area contributed by atoms with Gasteiger partial charge in [-0.15, -0.1) is 0 Å². The highest BCUT2D eigenvalue weighted by Gasteiger charge is 2.11. The molecule has 0 saturated heterocycles. The Morgan fingerprint density at radius 1 is 1.06 bits per heavy atom. The Bertz CT molecular complexity index is 600. The number of halogens is 1. The van der Waals surface area contributed by atoms with Gasteiger partial charge in [0, 0.05) is 16.8 Å². The summed E-state index contributed by atoms with van der Waals surface area (Å²) < 4.78 is 13.3. The minimum absolute atomic E-state index is 0.194. The lowest BCUT2D eigenvalue weighted by Gasteiger charge is -2.06. The Hall–Kier alpha value is -2.16. The van der Waals surface area contributed by atoms with E-state index in [1.165, 1.54) is 12.1 Å². The van der Waals surface area contributed by atoms with Crippen molar-refractivity contribution in [2.75, 3.05) is 5.73 Å². The van der Waals surface area contributed by atoms with Crippen molar-refractivity contribution >= 4 is 11.5 Å². The SMILES string of the molecule is Cc1cc(F)cc(C(=O)c2ccc(N)c(C)c2)c1. The lowest BCUT2D eigenvalue weighted by atomic mass is 9.99. The average molecular weight is 243 g/mol. The third-order valence-corrected chi connectivity index (χ3v) is 2.84. The number of rotatable bonds is 2. The van der Waals surface area contributed by atoms with Gasteiger partial charge in [-0.3, -0.25) is 4.79 Å². The van der Waals surface area contributed by atoms with Crippen LogP contribution in [0.2, 0.25) is 0 Å². The van der Waals surface area contributed by atoms with Crippen LogP contribution in [0, 0.1) is 19.7 Å². The molecule has 2 aromatic rings. The number of carbonyl (C=O) groups excluding carboxylic acids is 1. The Morgan fingerprint density at radius 3 is 2.39 bits per heavy atom. The van der Waals surface area contributed by atoms with Gasteiger partial charge in [0.1, 0.15) is 5.82 Å². The van der Waals surface area contributed by atoms with Crippen LogP contribution in [-0.4, -0.2) is 5.78 Å². The highest BCUT2D eigenvalue weighted by atomic mass is 19.1. The van der Waals surface area contributed by atoms with Gasteiger partial charge in [0.2, 0.25) is 0 Å². The van der Waals surface area contributed by atoms with E-state index in [1.807, 2.05) is 6.92 Å². The Labute approximate surface area is 105 Å². The fourth-order valence-electron chi connectivity index (χ4n) is 1.85. The van der Waals surface area contributed by atoms with Gasteiger partial charge in [-0.25, -0.2) is 4.39 Å². The smallest absolute Gasteiger partial charge is 0.193 e. The molecule has 0 aliphatic rings. The monoisotopic (exact) mass is 243 g/mol. The number of nitrogens with two attached hydrogens (primary N) is 1. The summed E-state index contributed by atoms with van der Waals surface area (Å²) >= 11 is 0. The van der Waals surface area contributed by atoms with E-state index in [9.17, 15) is 9.18 Å². The molecule has 0 unspecified atom stereocenters. The second-order valence-electron chi connectivity index (χ2n) is 4.42. The van der Waals surface area contributed by atoms with Gasteiger partial charge in [0.15, 0.2) is 5.78 Å². The van der Waals surface area contributed by atoms with Crippen molar-refractivity contribution in [1.29, 1.82) is 0 Å². The van der Waals surface area contributed by atoms with Crippen LogP contribution in [0.15, 0.2) is 36.4 Å². The summed E-state index contributed by atoms with van der Waals surface area (Å²) in [5.74, 6) is -0.591. The summed E-state index contributed by atoms with van der Waals surface area (Å²) in [4.78, 5) is 12.2. The molecular weight excluding hydrogens is 229 g/mol. The molecule has 2 aromatic carbocycles. The highest BCUT2D eigenvalue weighted by molar-refractivity contribution is 6.09. The number of nitrogen functional groups attached to an aromatic ring is 1. The molecule has 0 spiro atoms. The van der Waals surface area contributed by atoms with Gasteiger partial charge in [-0.2, -0.15) is 0 Å². The first kappa shape index (κ1) is 12.3. The highest BCUT2D eigenvalue weighted by Crippen LogP contribution is 2.17. The summed E-state index contributed by atoms with van der Waals surface area (Å²) in [6.45, 7) is 3.59. The molecule has 0 radical (unpaired) electrons. The molecule has 2 nitrogen and oxygen atoms in total. The van der Waals surface area contributed by atoms with Crippen molar-refractivity contribution in [3.05, 3.63) is 64.5 Å². The van der Waals surface area contributed by atoms with Crippen LogP contribution in [-0.2, 0) is 0 Å². The lowest BCUT2D eigenvalue weighted by Crippen LogP contribution is -2.03. The summed E-state index contributed by atoms with van der Waals surface area (Å²) in [6.07, 6.45) is 0. The van der Waals surface area contributed by atoms with Gasteiger partial charge < -0.3 is 5.73 Å². The number of anilines is 1. The molecule has 0 amide bonds. The Kier molecular flexibility index (Phi) is 3.15. The molecule has 2 N–H and O–H groups in total.